The standard InChI is InChI=1S/C13H18N4O/c1-8(2)13(18)16-11-5-10-6-15-17(9(3)4)12(10)14-7-11/h5-9H,1-4H3,(H,16,18). The van der Waals surface area contributed by atoms with E-state index in [0.717, 1.165) is 11.0 Å². The van der Waals surface area contributed by atoms with E-state index >= 15 is 0 Å². The van der Waals surface area contributed by atoms with E-state index in [4.69, 9.17) is 0 Å². The third kappa shape index (κ3) is 2.34. The van der Waals surface area contributed by atoms with E-state index in [0.29, 0.717) is 5.69 Å². The summed E-state index contributed by atoms with van der Waals surface area (Å²) in [6, 6.07) is 2.17. The molecule has 0 bridgehead atoms. The van der Waals surface area contributed by atoms with E-state index in [2.05, 4.69) is 29.2 Å². The topological polar surface area (TPSA) is 59.8 Å². The Kier molecular flexibility index (Phi) is 3.32. The normalized spacial score (nSPS) is 11.4. The number of carbonyl (C=O) groups is 1. The van der Waals surface area contributed by atoms with Gasteiger partial charge in [0.1, 0.15) is 0 Å². The Labute approximate surface area is 106 Å². The van der Waals surface area contributed by atoms with Crippen LogP contribution in [0.5, 0.6) is 0 Å². The number of pyridine rings is 1. The van der Waals surface area contributed by atoms with E-state index in [9.17, 15) is 4.79 Å². The second-order valence-electron chi connectivity index (χ2n) is 4.96. The number of hydrogen-bond acceptors (Lipinski definition) is 3. The molecule has 5 nitrogen and oxygen atoms in total. The lowest BCUT2D eigenvalue weighted by molar-refractivity contribution is -0.118. The van der Waals surface area contributed by atoms with E-state index in [1.807, 2.05) is 24.6 Å². The predicted molar refractivity (Wildman–Crippen MR) is 71.4 cm³/mol. The summed E-state index contributed by atoms with van der Waals surface area (Å²) in [4.78, 5) is 16.0. The lowest BCUT2D eigenvalue weighted by Crippen LogP contribution is -2.17. The fraction of sp³-hybridized carbons (Fsp3) is 0.462. The minimum atomic E-state index is -0.0425. The first-order chi connectivity index (χ1) is 8.49. The molecule has 0 unspecified atom stereocenters. The molecule has 0 saturated heterocycles. The molecule has 0 aliphatic heterocycles. The van der Waals surface area contributed by atoms with Crippen LogP contribution in [0.4, 0.5) is 5.69 Å². The number of nitrogens with zero attached hydrogens (tertiary/aromatic N) is 3. The van der Waals surface area contributed by atoms with Gasteiger partial charge in [0.2, 0.25) is 5.91 Å². The average molecular weight is 246 g/mol. The van der Waals surface area contributed by atoms with Crippen LogP contribution in [-0.2, 0) is 4.79 Å². The van der Waals surface area contributed by atoms with Crippen molar-refractivity contribution in [2.45, 2.75) is 33.7 Å². The van der Waals surface area contributed by atoms with Crippen molar-refractivity contribution in [3.8, 4) is 0 Å². The maximum absolute atomic E-state index is 11.6. The van der Waals surface area contributed by atoms with Crippen molar-refractivity contribution in [2.24, 2.45) is 5.92 Å². The lowest BCUT2D eigenvalue weighted by Gasteiger charge is -2.08. The molecular formula is C13H18N4O. The lowest BCUT2D eigenvalue weighted by atomic mass is 10.2. The van der Waals surface area contributed by atoms with Crippen LogP contribution in [0.3, 0.4) is 0 Å². The molecule has 2 aromatic heterocycles. The monoisotopic (exact) mass is 246 g/mol. The highest BCUT2D eigenvalue weighted by atomic mass is 16.1. The summed E-state index contributed by atoms with van der Waals surface area (Å²) in [6.45, 7) is 7.83. The molecule has 0 spiro atoms. The number of nitrogens with one attached hydrogen (secondary N) is 1. The molecule has 2 aromatic rings. The molecule has 0 fully saturated rings. The van der Waals surface area contributed by atoms with Gasteiger partial charge < -0.3 is 5.32 Å². The highest BCUT2D eigenvalue weighted by Gasteiger charge is 2.10. The Balaban J connectivity index is 2.32. The minimum Gasteiger partial charge on any atom is -0.324 e. The minimum absolute atomic E-state index is 0.00704. The molecule has 0 atom stereocenters. The van der Waals surface area contributed by atoms with Gasteiger partial charge in [0, 0.05) is 17.3 Å². The summed E-state index contributed by atoms with van der Waals surface area (Å²) in [5, 5.41) is 8.06. The van der Waals surface area contributed by atoms with Crippen LogP contribution < -0.4 is 5.32 Å². The molecule has 0 aliphatic carbocycles. The van der Waals surface area contributed by atoms with Crippen LogP contribution in [0.2, 0.25) is 0 Å². The zero-order chi connectivity index (χ0) is 13.3. The molecular weight excluding hydrogens is 228 g/mol. The molecule has 96 valence electrons. The van der Waals surface area contributed by atoms with Crippen LogP contribution in [0, 0.1) is 5.92 Å². The number of anilines is 1. The van der Waals surface area contributed by atoms with Gasteiger partial charge in [0.05, 0.1) is 18.1 Å². The van der Waals surface area contributed by atoms with E-state index in [1.165, 1.54) is 0 Å². The second kappa shape index (κ2) is 4.76. The van der Waals surface area contributed by atoms with Crippen molar-refractivity contribution in [3.63, 3.8) is 0 Å². The molecule has 0 aliphatic rings. The predicted octanol–water partition coefficient (Wildman–Crippen LogP) is 2.61. The van der Waals surface area contributed by atoms with Crippen LogP contribution in [-0.4, -0.2) is 20.7 Å². The number of hydrogen-bond donors (Lipinski definition) is 1. The molecule has 18 heavy (non-hydrogen) atoms. The fourth-order valence-electron chi connectivity index (χ4n) is 1.67. The van der Waals surface area contributed by atoms with Gasteiger partial charge in [0.15, 0.2) is 5.65 Å². The van der Waals surface area contributed by atoms with Crippen LogP contribution in [0.25, 0.3) is 11.0 Å². The third-order valence-corrected chi connectivity index (χ3v) is 2.71. The first kappa shape index (κ1) is 12.5. The fourth-order valence-corrected chi connectivity index (χ4v) is 1.67. The summed E-state index contributed by atoms with van der Waals surface area (Å²) in [7, 11) is 0. The van der Waals surface area contributed by atoms with Gasteiger partial charge in [-0.3, -0.25) is 4.79 Å². The molecule has 2 heterocycles. The quantitative estimate of drug-likeness (QED) is 0.905. The Morgan fingerprint density at radius 3 is 2.61 bits per heavy atom. The largest absolute Gasteiger partial charge is 0.324 e. The molecule has 0 saturated carbocycles. The smallest absolute Gasteiger partial charge is 0.226 e. The first-order valence-electron chi connectivity index (χ1n) is 6.13. The van der Waals surface area contributed by atoms with Crippen LogP contribution in [0.1, 0.15) is 33.7 Å². The summed E-state index contributed by atoms with van der Waals surface area (Å²) in [6.07, 6.45) is 3.44. The Morgan fingerprint density at radius 1 is 1.28 bits per heavy atom. The molecule has 5 heteroatoms. The molecule has 0 radical (unpaired) electrons. The van der Waals surface area contributed by atoms with Crippen molar-refractivity contribution >= 4 is 22.6 Å². The number of carbonyl (C=O) groups excluding carboxylic acids is 1. The van der Waals surface area contributed by atoms with Crippen molar-refractivity contribution in [2.75, 3.05) is 5.32 Å². The van der Waals surface area contributed by atoms with E-state index < -0.39 is 0 Å². The summed E-state index contributed by atoms with van der Waals surface area (Å²) in [5.74, 6) is -0.0496. The van der Waals surface area contributed by atoms with Crippen molar-refractivity contribution in [1.82, 2.24) is 14.8 Å². The maximum atomic E-state index is 11.6. The molecule has 0 aromatic carbocycles. The van der Waals surface area contributed by atoms with Gasteiger partial charge in [-0.2, -0.15) is 5.10 Å². The summed E-state index contributed by atoms with van der Waals surface area (Å²) < 4.78 is 1.86. The Bertz CT molecular complexity index is 571. The SMILES string of the molecule is CC(C)C(=O)Nc1cnc2c(cnn2C(C)C)c1. The van der Waals surface area contributed by atoms with Crippen molar-refractivity contribution in [1.29, 1.82) is 0 Å². The molecule has 1 N–H and O–H groups in total. The van der Waals surface area contributed by atoms with Crippen molar-refractivity contribution in [3.05, 3.63) is 18.5 Å². The van der Waals surface area contributed by atoms with Crippen LogP contribution in [0.15, 0.2) is 18.5 Å². The van der Waals surface area contributed by atoms with Gasteiger partial charge in [-0.05, 0) is 19.9 Å². The van der Waals surface area contributed by atoms with Crippen molar-refractivity contribution < 1.29 is 4.79 Å². The van der Waals surface area contributed by atoms with Gasteiger partial charge in [-0.25, -0.2) is 9.67 Å². The van der Waals surface area contributed by atoms with Gasteiger partial charge >= 0.3 is 0 Å². The Hall–Kier alpha value is -1.91. The summed E-state index contributed by atoms with van der Waals surface area (Å²) in [5.41, 5.74) is 1.55. The number of rotatable bonds is 3. The van der Waals surface area contributed by atoms with Gasteiger partial charge in [-0.15, -0.1) is 0 Å². The molecule has 1 amide bonds. The number of fused-ring (bicyclic) bond motifs is 1. The average Bonchev–Trinajstić information content (AvgIpc) is 2.71. The third-order valence-electron chi connectivity index (χ3n) is 2.71. The second-order valence-corrected chi connectivity index (χ2v) is 4.96. The molecule has 2 rings (SSSR count). The zero-order valence-corrected chi connectivity index (χ0v) is 11.1. The highest BCUT2D eigenvalue weighted by molar-refractivity contribution is 5.93. The highest BCUT2D eigenvalue weighted by Crippen LogP contribution is 2.19. The zero-order valence-electron chi connectivity index (χ0n) is 11.1. The maximum Gasteiger partial charge on any atom is 0.226 e. The van der Waals surface area contributed by atoms with E-state index in [1.54, 1.807) is 12.4 Å². The van der Waals surface area contributed by atoms with Gasteiger partial charge in [0.25, 0.3) is 0 Å². The first-order valence-corrected chi connectivity index (χ1v) is 6.13. The summed E-state index contributed by atoms with van der Waals surface area (Å²) >= 11 is 0. The van der Waals surface area contributed by atoms with Gasteiger partial charge in [-0.1, -0.05) is 13.8 Å². The van der Waals surface area contributed by atoms with E-state index in [-0.39, 0.29) is 17.9 Å². The Morgan fingerprint density at radius 2 is 2.00 bits per heavy atom. The van der Waals surface area contributed by atoms with Crippen LogP contribution >= 0.6 is 0 Å². The number of aromatic nitrogens is 3. The number of amides is 1.